The normalized spacial score (nSPS) is 10.4. The van der Waals surface area contributed by atoms with Crippen LogP contribution >= 0.6 is 15.9 Å². The smallest absolute Gasteiger partial charge is 0.270 e. The Morgan fingerprint density at radius 1 is 1.60 bits per heavy atom. The lowest BCUT2D eigenvalue weighted by atomic mass is 10.3. The van der Waals surface area contributed by atoms with Crippen LogP contribution in [0, 0.1) is 0 Å². The minimum absolute atomic E-state index is 0.0802. The molecule has 0 spiro atoms. The molecule has 0 aliphatic heterocycles. The Hall–Kier alpha value is -0.770. The highest BCUT2D eigenvalue weighted by Gasteiger charge is 2.14. The number of aryl methyl sites for hydroxylation is 1. The number of carbonyl (C=O) groups is 1. The van der Waals surface area contributed by atoms with Crippen molar-refractivity contribution in [2.45, 2.75) is 19.8 Å². The molecule has 0 N–H and O–H groups in total. The molecule has 0 unspecified atom stereocenters. The van der Waals surface area contributed by atoms with Crippen molar-refractivity contribution in [3.8, 4) is 0 Å². The van der Waals surface area contributed by atoms with Gasteiger partial charge in [-0.15, -0.1) is 0 Å². The summed E-state index contributed by atoms with van der Waals surface area (Å²) < 4.78 is 2.78. The number of amides is 1. The summed E-state index contributed by atoms with van der Waals surface area (Å²) in [4.78, 5) is 13.7. The maximum atomic E-state index is 12.0. The highest BCUT2D eigenvalue weighted by Crippen LogP contribution is 2.15. The zero-order chi connectivity index (χ0) is 11.4. The second-order valence-corrected chi connectivity index (χ2v) is 4.65. The topological polar surface area (TPSA) is 25.2 Å². The molecule has 0 aliphatic carbocycles. The van der Waals surface area contributed by atoms with Crippen LogP contribution in [-0.4, -0.2) is 29.0 Å². The van der Waals surface area contributed by atoms with E-state index >= 15 is 0 Å². The van der Waals surface area contributed by atoms with Crippen molar-refractivity contribution in [1.29, 1.82) is 0 Å². The van der Waals surface area contributed by atoms with E-state index in [0.717, 1.165) is 29.6 Å². The van der Waals surface area contributed by atoms with E-state index in [-0.39, 0.29) is 5.91 Å². The van der Waals surface area contributed by atoms with Gasteiger partial charge in [-0.2, -0.15) is 0 Å². The molecule has 1 amide bonds. The molecular weight excluding hydrogens is 256 g/mol. The Labute approximate surface area is 99.2 Å². The van der Waals surface area contributed by atoms with Crippen LogP contribution < -0.4 is 0 Å². The summed E-state index contributed by atoms with van der Waals surface area (Å²) in [5, 5.41) is 0. The number of unbranched alkanes of at least 4 members (excludes halogenated alkanes) is 1. The number of halogens is 1. The van der Waals surface area contributed by atoms with Gasteiger partial charge in [-0.05, 0) is 28.4 Å². The second-order valence-electron chi connectivity index (χ2n) is 3.73. The van der Waals surface area contributed by atoms with Gasteiger partial charge < -0.3 is 9.47 Å². The molecule has 1 rings (SSSR count). The van der Waals surface area contributed by atoms with E-state index in [1.807, 2.05) is 30.9 Å². The zero-order valence-corrected chi connectivity index (χ0v) is 11.0. The predicted molar refractivity (Wildman–Crippen MR) is 65.0 cm³/mol. The molecule has 0 bridgehead atoms. The summed E-state index contributed by atoms with van der Waals surface area (Å²) in [6.07, 6.45) is 4.04. The van der Waals surface area contributed by atoms with Gasteiger partial charge in [0, 0.05) is 31.3 Å². The van der Waals surface area contributed by atoms with Gasteiger partial charge >= 0.3 is 0 Å². The highest BCUT2D eigenvalue weighted by atomic mass is 79.9. The second kappa shape index (κ2) is 5.35. The standard InChI is InChI=1S/C11H17BrN2O/c1-4-5-6-13(2)11(15)10-7-9(12)8-14(10)3/h7-8H,4-6H2,1-3H3. The van der Waals surface area contributed by atoms with Crippen LogP contribution in [0.1, 0.15) is 30.3 Å². The first-order valence-corrected chi connectivity index (χ1v) is 5.93. The Balaban J connectivity index is 2.71. The summed E-state index contributed by atoms with van der Waals surface area (Å²) >= 11 is 3.36. The summed E-state index contributed by atoms with van der Waals surface area (Å²) in [7, 11) is 3.73. The van der Waals surface area contributed by atoms with E-state index < -0.39 is 0 Å². The number of aromatic nitrogens is 1. The predicted octanol–water partition coefficient (Wildman–Crippen LogP) is 2.66. The van der Waals surface area contributed by atoms with E-state index in [0.29, 0.717) is 0 Å². The van der Waals surface area contributed by atoms with Crippen molar-refractivity contribution in [2.24, 2.45) is 7.05 Å². The maximum absolute atomic E-state index is 12.0. The average Bonchev–Trinajstić information content (AvgIpc) is 2.53. The number of hydrogen-bond acceptors (Lipinski definition) is 1. The lowest BCUT2D eigenvalue weighted by Crippen LogP contribution is -2.29. The SMILES string of the molecule is CCCCN(C)C(=O)c1cc(Br)cn1C. The Bertz CT molecular complexity index is 346. The molecular formula is C11H17BrN2O. The fraction of sp³-hybridized carbons (Fsp3) is 0.545. The molecule has 4 heteroatoms. The largest absolute Gasteiger partial charge is 0.345 e. The number of nitrogens with zero attached hydrogens (tertiary/aromatic N) is 2. The molecule has 0 fully saturated rings. The van der Waals surface area contributed by atoms with E-state index in [1.54, 1.807) is 4.90 Å². The maximum Gasteiger partial charge on any atom is 0.270 e. The molecule has 1 aromatic heterocycles. The lowest BCUT2D eigenvalue weighted by molar-refractivity contribution is 0.0784. The molecule has 0 atom stereocenters. The summed E-state index contributed by atoms with van der Waals surface area (Å²) in [6, 6.07) is 1.85. The van der Waals surface area contributed by atoms with E-state index in [2.05, 4.69) is 22.9 Å². The molecule has 0 saturated heterocycles. The first kappa shape index (κ1) is 12.3. The number of hydrogen-bond donors (Lipinski definition) is 0. The van der Waals surface area contributed by atoms with E-state index in [9.17, 15) is 4.79 Å². The van der Waals surface area contributed by atoms with Crippen LogP contribution in [-0.2, 0) is 7.05 Å². The monoisotopic (exact) mass is 272 g/mol. The molecule has 15 heavy (non-hydrogen) atoms. The summed E-state index contributed by atoms with van der Waals surface area (Å²) in [5.41, 5.74) is 0.723. The van der Waals surface area contributed by atoms with Crippen molar-refractivity contribution >= 4 is 21.8 Å². The lowest BCUT2D eigenvalue weighted by Gasteiger charge is -2.16. The zero-order valence-electron chi connectivity index (χ0n) is 9.46. The van der Waals surface area contributed by atoms with Gasteiger partial charge in [-0.1, -0.05) is 13.3 Å². The molecule has 1 aromatic rings. The van der Waals surface area contributed by atoms with Crippen molar-refractivity contribution in [2.75, 3.05) is 13.6 Å². The van der Waals surface area contributed by atoms with Crippen LogP contribution in [0.3, 0.4) is 0 Å². The summed E-state index contributed by atoms with van der Waals surface area (Å²) in [6.45, 7) is 2.94. The first-order chi connectivity index (χ1) is 7.06. The van der Waals surface area contributed by atoms with Gasteiger partial charge in [-0.25, -0.2) is 0 Å². The van der Waals surface area contributed by atoms with Gasteiger partial charge in [0.25, 0.3) is 5.91 Å². The molecule has 0 radical (unpaired) electrons. The molecule has 0 saturated carbocycles. The van der Waals surface area contributed by atoms with Crippen molar-refractivity contribution < 1.29 is 4.79 Å². The van der Waals surface area contributed by atoms with Crippen LogP contribution in [0.5, 0.6) is 0 Å². The molecule has 1 heterocycles. The van der Waals surface area contributed by atoms with Crippen LogP contribution in [0.2, 0.25) is 0 Å². The highest BCUT2D eigenvalue weighted by molar-refractivity contribution is 9.10. The first-order valence-electron chi connectivity index (χ1n) is 5.13. The van der Waals surface area contributed by atoms with Crippen LogP contribution in [0.25, 0.3) is 0 Å². The van der Waals surface area contributed by atoms with Gasteiger partial charge in [0.05, 0.1) is 0 Å². The van der Waals surface area contributed by atoms with Crippen LogP contribution in [0.15, 0.2) is 16.7 Å². The van der Waals surface area contributed by atoms with Crippen LogP contribution in [0.4, 0.5) is 0 Å². The fourth-order valence-electron chi connectivity index (χ4n) is 1.43. The molecule has 0 aliphatic rings. The third kappa shape index (κ3) is 3.09. The quantitative estimate of drug-likeness (QED) is 0.828. The van der Waals surface area contributed by atoms with Gasteiger partial charge in [-0.3, -0.25) is 4.79 Å². The summed E-state index contributed by atoms with van der Waals surface area (Å²) in [5.74, 6) is 0.0802. The van der Waals surface area contributed by atoms with E-state index in [1.165, 1.54) is 0 Å². The Kier molecular flexibility index (Phi) is 4.39. The Morgan fingerprint density at radius 2 is 2.27 bits per heavy atom. The van der Waals surface area contributed by atoms with Crippen molar-refractivity contribution in [3.05, 3.63) is 22.4 Å². The molecule has 0 aromatic carbocycles. The number of carbonyl (C=O) groups excluding carboxylic acids is 1. The third-order valence-corrected chi connectivity index (χ3v) is 2.82. The van der Waals surface area contributed by atoms with Gasteiger partial charge in [0.15, 0.2) is 0 Å². The average molecular weight is 273 g/mol. The van der Waals surface area contributed by atoms with Gasteiger partial charge in [0.1, 0.15) is 5.69 Å². The van der Waals surface area contributed by atoms with Crippen molar-refractivity contribution in [3.63, 3.8) is 0 Å². The van der Waals surface area contributed by atoms with Crippen molar-refractivity contribution in [1.82, 2.24) is 9.47 Å². The van der Waals surface area contributed by atoms with Gasteiger partial charge in [0.2, 0.25) is 0 Å². The fourth-order valence-corrected chi connectivity index (χ4v) is 1.95. The number of rotatable bonds is 4. The molecule has 3 nitrogen and oxygen atoms in total. The minimum Gasteiger partial charge on any atom is -0.345 e. The molecule has 84 valence electrons. The minimum atomic E-state index is 0.0802. The van der Waals surface area contributed by atoms with E-state index in [4.69, 9.17) is 0 Å². The Morgan fingerprint density at radius 3 is 2.73 bits per heavy atom. The third-order valence-electron chi connectivity index (χ3n) is 2.38.